The lowest BCUT2D eigenvalue weighted by Crippen LogP contribution is -2.48. The second-order valence-corrected chi connectivity index (χ2v) is 6.85. The van der Waals surface area contributed by atoms with Crippen molar-refractivity contribution < 1.29 is 0 Å². The number of nitrogens with zero attached hydrogens (tertiary/aromatic N) is 3. The van der Waals surface area contributed by atoms with Gasteiger partial charge in [0.1, 0.15) is 0 Å². The Morgan fingerprint density at radius 2 is 2.24 bits per heavy atom. The van der Waals surface area contributed by atoms with Gasteiger partial charge in [-0.3, -0.25) is 4.99 Å². The predicted molar refractivity (Wildman–Crippen MR) is 89.9 cm³/mol. The molecule has 0 aromatic carbocycles. The summed E-state index contributed by atoms with van der Waals surface area (Å²) in [5.74, 6) is 0.898. The second kappa shape index (κ2) is 8.34. The van der Waals surface area contributed by atoms with Crippen molar-refractivity contribution in [2.75, 3.05) is 26.7 Å². The minimum absolute atomic E-state index is 0.535. The Morgan fingerprint density at radius 1 is 1.48 bits per heavy atom. The van der Waals surface area contributed by atoms with Crippen molar-refractivity contribution >= 4 is 17.3 Å². The van der Waals surface area contributed by atoms with Gasteiger partial charge in [-0.1, -0.05) is 6.92 Å². The molecule has 1 aromatic rings. The molecule has 0 radical (unpaired) electrons. The van der Waals surface area contributed by atoms with E-state index in [2.05, 4.69) is 32.4 Å². The highest BCUT2D eigenvalue weighted by Gasteiger charge is 2.19. The van der Waals surface area contributed by atoms with E-state index in [9.17, 15) is 0 Å². The van der Waals surface area contributed by atoms with Gasteiger partial charge in [-0.05, 0) is 32.7 Å². The minimum atomic E-state index is 0.535. The third-order valence-electron chi connectivity index (χ3n) is 3.79. The number of aryl methyl sites for hydroxylation is 1. The average Bonchev–Trinajstić information content (AvgIpc) is 2.91. The van der Waals surface area contributed by atoms with Gasteiger partial charge in [0.2, 0.25) is 0 Å². The Balaban J connectivity index is 1.73. The molecule has 0 atom stereocenters. The fourth-order valence-corrected chi connectivity index (χ4v) is 3.40. The fourth-order valence-electron chi connectivity index (χ4n) is 2.66. The van der Waals surface area contributed by atoms with Gasteiger partial charge in [0.05, 0.1) is 11.6 Å². The van der Waals surface area contributed by atoms with E-state index in [4.69, 9.17) is 0 Å². The molecule has 118 valence electrons. The molecule has 2 heterocycles. The summed E-state index contributed by atoms with van der Waals surface area (Å²) < 4.78 is 0. The van der Waals surface area contributed by atoms with E-state index in [1.165, 1.54) is 43.8 Å². The van der Waals surface area contributed by atoms with Crippen LogP contribution in [0, 0.1) is 6.92 Å². The molecule has 0 bridgehead atoms. The van der Waals surface area contributed by atoms with Crippen LogP contribution >= 0.6 is 11.3 Å². The molecular formula is C15H27N5S. The van der Waals surface area contributed by atoms with E-state index in [0.29, 0.717) is 6.04 Å². The van der Waals surface area contributed by atoms with Gasteiger partial charge in [0.15, 0.2) is 5.96 Å². The summed E-state index contributed by atoms with van der Waals surface area (Å²) in [6, 6.07) is 0.535. The molecule has 21 heavy (non-hydrogen) atoms. The first-order valence-corrected chi connectivity index (χ1v) is 8.63. The number of nitrogens with one attached hydrogen (secondary N) is 2. The van der Waals surface area contributed by atoms with Gasteiger partial charge in [-0.2, -0.15) is 0 Å². The quantitative estimate of drug-likeness (QED) is 0.645. The lowest BCUT2D eigenvalue weighted by molar-refractivity contribution is 0.206. The Hall–Kier alpha value is -1.14. The standard InChI is InChI=1S/C15H27N5S/c1-4-7-20-8-5-13(6-9-20)19-15(16-3)18-11-14-10-17-12(2)21-14/h10,13H,4-9,11H2,1-3H3,(H2,16,18,19). The second-order valence-electron chi connectivity index (χ2n) is 5.53. The summed E-state index contributed by atoms with van der Waals surface area (Å²) in [4.78, 5) is 12.4. The number of thiazole rings is 1. The highest BCUT2D eigenvalue weighted by atomic mass is 32.1. The monoisotopic (exact) mass is 309 g/mol. The van der Waals surface area contributed by atoms with E-state index in [1.807, 2.05) is 20.2 Å². The lowest BCUT2D eigenvalue weighted by atomic mass is 10.1. The van der Waals surface area contributed by atoms with Crippen LogP contribution in [0.4, 0.5) is 0 Å². The third kappa shape index (κ3) is 5.28. The van der Waals surface area contributed by atoms with Crippen molar-refractivity contribution in [2.24, 2.45) is 4.99 Å². The van der Waals surface area contributed by atoms with Crippen molar-refractivity contribution in [3.05, 3.63) is 16.1 Å². The van der Waals surface area contributed by atoms with E-state index in [1.54, 1.807) is 11.3 Å². The molecule has 1 aliphatic rings. The van der Waals surface area contributed by atoms with Gasteiger partial charge in [0.25, 0.3) is 0 Å². The lowest BCUT2D eigenvalue weighted by Gasteiger charge is -2.32. The molecule has 5 nitrogen and oxygen atoms in total. The summed E-state index contributed by atoms with van der Waals surface area (Å²) in [5, 5.41) is 8.03. The Labute approximate surface area is 131 Å². The van der Waals surface area contributed by atoms with Crippen molar-refractivity contribution in [2.45, 2.75) is 45.7 Å². The van der Waals surface area contributed by atoms with Crippen LogP contribution in [0.5, 0.6) is 0 Å². The number of rotatable bonds is 5. The normalized spacial score (nSPS) is 18.0. The van der Waals surface area contributed by atoms with Crippen molar-refractivity contribution in [3.63, 3.8) is 0 Å². The summed E-state index contributed by atoms with van der Waals surface area (Å²) in [7, 11) is 1.83. The topological polar surface area (TPSA) is 52.5 Å². The molecule has 0 amide bonds. The van der Waals surface area contributed by atoms with Crippen LogP contribution in [0.15, 0.2) is 11.2 Å². The number of hydrogen-bond donors (Lipinski definition) is 2. The molecule has 2 N–H and O–H groups in total. The number of hydrogen-bond acceptors (Lipinski definition) is 4. The maximum atomic E-state index is 4.32. The molecule has 0 aliphatic carbocycles. The summed E-state index contributed by atoms with van der Waals surface area (Å²) in [6.07, 6.45) is 5.57. The minimum Gasteiger partial charge on any atom is -0.354 e. The Kier molecular flexibility index (Phi) is 6.45. The Morgan fingerprint density at radius 3 is 2.81 bits per heavy atom. The van der Waals surface area contributed by atoms with E-state index < -0.39 is 0 Å². The van der Waals surface area contributed by atoms with Gasteiger partial charge >= 0.3 is 0 Å². The van der Waals surface area contributed by atoms with Crippen LogP contribution in [0.1, 0.15) is 36.1 Å². The molecule has 2 rings (SSSR count). The molecule has 0 spiro atoms. The summed E-state index contributed by atoms with van der Waals surface area (Å²) >= 11 is 1.73. The molecule has 1 aromatic heterocycles. The first-order chi connectivity index (χ1) is 10.2. The SMILES string of the molecule is CCCN1CCC(NC(=NC)NCc2cnc(C)s2)CC1. The number of likely N-dealkylation sites (tertiary alicyclic amines) is 1. The zero-order valence-corrected chi connectivity index (χ0v) is 14.2. The average molecular weight is 309 g/mol. The summed E-state index contributed by atoms with van der Waals surface area (Å²) in [6.45, 7) is 8.68. The fraction of sp³-hybridized carbons (Fsp3) is 0.733. The smallest absolute Gasteiger partial charge is 0.191 e. The van der Waals surface area contributed by atoms with Crippen LogP contribution < -0.4 is 10.6 Å². The maximum absolute atomic E-state index is 4.32. The molecule has 0 saturated carbocycles. The number of piperidine rings is 1. The van der Waals surface area contributed by atoms with Gasteiger partial charge < -0.3 is 15.5 Å². The molecule has 0 unspecified atom stereocenters. The van der Waals surface area contributed by atoms with Crippen molar-refractivity contribution in [3.8, 4) is 0 Å². The van der Waals surface area contributed by atoms with Crippen LogP contribution in [-0.4, -0.2) is 48.6 Å². The van der Waals surface area contributed by atoms with E-state index in [0.717, 1.165) is 17.5 Å². The molecule has 6 heteroatoms. The van der Waals surface area contributed by atoms with Crippen LogP contribution in [-0.2, 0) is 6.54 Å². The van der Waals surface area contributed by atoms with E-state index in [-0.39, 0.29) is 0 Å². The van der Waals surface area contributed by atoms with Crippen LogP contribution in [0.25, 0.3) is 0 Å². The zero-order valence-electron chi connectivity index (χ0n) is 13.4. The van der Waals surface area contributed by atoms with Crippen LogP contribution in [0.3, 0.4) is 0 Å². The van der Waals surface area contributed by atoms with Crippen LogP contribution in [0.2, 0.25) is 0 Å². The van der Waals surface area contributed by atoms with Crippen molar-refractivity contribution in [1.82, 2.24) is 20.5 Å². The van der Waals surface area contributed by atoms with Gasteiger partial charge in [-0.15, -0.1) is 11.3 Å². The highest BCUT2D eigenvalue weighted by Crippen LogP contribution is 2.12. The van der Waals surface area contributed by atoms with Gasteiger partial charge in [-0.25, -0.2) is 4.98 Å². The first kappa shape index (κ1) is 16.2. The third-order valence-corrected chi connectivity index (χ3v) is 4.70. The van der Waals surface area contributed by atoms with Crippen molar-refractivity contribution in [1.29, 1.82) is 0 Å². The number of aliphatic imine (C=N–C) groups is 1. The zero-order chi connectivity index (χ0) is 15.1. The molecule has 1 fully saturated rings. The Bertz CT molecular complexity index is 449. The number of aromatic nitrogens is 1. The maximum Gasteiger partial charge on any atom is 0.191 e. The molecule has 1 saturated heterocycles. The summed E-state index contributed by atoms with van der Waals surface area (Å²) in [5.41, 5.74) is 0. The van der Waals surface area contributed by atoms with Gasteiger partial charge in [0, 0.05) is 37.3 Å². The largest absolute Gasteiger partial charge is 0.354 e. The predicted octanol–water partition coefficient (Wildman–Crippen LogP) is 1.99. The van der Waals surface area contributed by atoms with E-state index >= 15 is 0 Å². The molecular weight excluding hydrogens is 282 g/mol. The highest BCUT2D eigenvalue weighted by molar-refractivity contribution is 7.11. The number of guanidine groups is 1. The molecule has 1 aliphatic heterocycles. The first-order valence-electron chi connectivity index (χ1n) is 7.82.